The summed E-state index contributed by atoms with van der Waals surface area (Å²) in [5.41, 5.74) is 0. The van der Waals surface area contributed by atoms with Gasteiger partial charge in [0, 0.05) is 28.9 Å². The molecule has 0 aliphatic carbocycles. The van der Waals surface area contributed by atoms with E-state index in [4.69, 9.17) is 4.74 Å². The molecule has 0 aliphatic rings. The van der Waals surface area contributed by atoms with Crippen molar-refractivity contribution in [2.75, 3.05) is 18.6 Å². The fraction of sp³-hybridized carbons (Fsp3) is 0.800. The van der Waals surface area contributed by atoms with Crippen LogP contribution in [0.5, 0.6) is 0 Å². The SMILES string of the molecule is C=CC(=O)OCCCCCCCCCCCS(C)=O. The molecule has 0 fully saturated rings. The highest BCUT2D eigenvalue weighted by Crippen LogP contribution is 2.10. The number of unbranched alkanes of at least 4 members (excludes halogenated alkanes) is 8. The van der Waals surface area contributed by atoms with Crippen molar-refractivity contribution in [1.82, 2.24) is 0 Å². The maximum absolute atomic E-state index is 10.8. The van der Waals surface area contributed by atoms with E-state index in [0.717, 1.165) is 25.0 Å². The van der Waals surface area contributed by atoms with E-state index in [1.807, 2.05) is 0 Å². The third kappa shape index (κ3) is 15.3. The van der Waals surface area contributed by atoms with Crippen LogP contribution in [-0.2, 0) is 20.3 Å². The van der Waals surface area contributed by atoms with Gasteiger partial charge in [-0.2, -0.15) is 0 Å². The lowest BCUT2D eigenvalue weighted by atomic mass is 10.1. The number of carbonyl (C=O) groups excluding carboxylic acids is 1. The lowest BCUT2D eigenvalue weighted by Crippen LogP contribution is -2.01. The van der Waals surface area contributed by atoms with Gasteiger partial charge in [0.2, 0.25) is 0 Å². The van der Waals surface area contributed by atoms with Crippen molar-refractivity contribution in [3.05, 3.63) is 12.7 Å². The van der Waals surface area contributed by atoms with Crippen molar-refractivity contribution in [3.8, 4) is 0 Å². The fourth-order valence-electron chi connectivity index (χ4n) is 1.88. The zero-order valence-corrected chi connectivity index (χ0v) is 13.0. The highest BCUT2D eigenvalue weighted by atomic mass is 32.2. The van der Waals surface area contributed by atoms with Crippen molar-refractivity contribution in [2.45, 2.75) is 57.8 Å². The predicted molar refractivity (Wildman–Crippen MR) is 81.6 cm³/mol. The minimum Gasteiger partial charge on any atom is -0.463 e. The summed E-state index contributed by atoms with van der Waals surface area (Å²) in [5, 5.41) is 0. The Labute approximate surface area is 120 Å². The lowest BCUT2D eigenvalue weighted by molar-refractivity contribution is -0.137. The molecule has 0 saturated carbocycles. The van der Waals surface area contributed by atoms with E-state index in [0.29, 0.717) is 6.61 Å². The molecule has 0 bridgehead atoms. The number of hydrogen-bond donors (Lipinski definition) is 0. The average Bonchev–Trinajstić information content (AvgIpc) is 2.39. The second-order valence-electron chi connectivity index (χ2n) is 4.83. The summed E-state index contributed by atoms with van der Waals surface area (Å²) in [5.74, 6) is 0.525. The lowest BCUT2D eigenvalue weighted by Gasteiger charge is -2.03. The van der Waals surface area contributed by atoms with Gasteiger partial charge in [0.05, 0.1) is 6.61 Å². The number of ether oxygens (including phenoxy) is 1. The first-order chi connectivity index (χ1) is 9.16. The summed E-state index contributed by atoms with van der Waals surface area (Å²) in [6, 6.07) is 0. The van der Waals surface area contributed by atoms with E-state index in [2.05, 4.69) is 6.58 Å². The molecule has 0 aromatic rings. The van der Waals surface area contributed by atoms with Gasteiger partial charge >= 0.3 is 5.97 Å². The molecule has 0 heterocycles. The number of hydrogen-bond acceptors (Lipinski definition) is 3. The molecule has 0 amide bonds. The average molecular weight is 288 g/mol. The van der Waals surface area contributed by atoms with E-state index in [9.17, 15) is 9.00 Å². The Balaban J connectivity index is 3.05. The summed E-state index contributed by atoms with van der Waals surface area (Å²) in [7, 11) is -0.625. The van der Waals surface area contributed by atoms with Crippen molar-refractivity contribution in [1.29, 1.82) is 0 Å². The van der Waals surface area contributed by atoms with Crippen molar-refractivity contribution >= 4 is 16.8 Å². The zero-order valence-electron chi connectivity index (χ0n) is 12.2. The van der Waals surface area contributed by atoms with Crippen LogP contribution in [-0.4, -0.2) is 28.8 Å². The Morgan fingerprint density at radius 1 is 1.00 bits per heavy atom. The Hall–Kier alpha value is -0.640. The molecular weight excluding hydrogens is 260 g/mol. The Kier molecular flexibility index (Phi) is 13.3. The second-order valence-corrected chi connectivity index (χ2v) is 6.39. The van der Waals surface area contributed by atoms with Crippen LogP contribution >= 0.6 is 0 Å². The second kappa shape index (κ2) is 13.8. The minimum atomic E-state index is -0.625. The van der Waals surface area contributed by atoms with Gasteiger partial charge < -0.3 is 4.74 Å². The predicted octanol–water partition coefficient (Wildman–Crippen LogP) is 3.61. The van der Waals surface area contributed by atoms with E-state index in [1.165, 1.54) is 44.6 Å². The molecule has 1 unspecified atom stereocenters. The normalized spacial score (nSPS) is 12.1. The first-order valence-electron chi connectivity index (χ1n) is 7.26. The van der Waals surface area contributed by atoms with Crippen LogP contribution in [0.4, 0.5) is 0 Å². The summed E-state index contributed by atoms with van der Waals surface area (Å²) in [6.07, 6.45) is 13.6. The minimum absolute atomic E-state index is 0.326. The summed E-state index contributed by atoms with van der Waals surface area (Å²) < 4.78 is 15.7. The molecule has 0 aromatic carbocycles. The van der Waals surface area contributed by atoms with Gasteiger partial charge in [-0.25, -0.2) is 4.79 Å². The molecule has 0 rings (SSSR count). The van der Waals surface area contributed by atoms with E-state index in [1.54, 1.807) is 6.26 Å². The summed E-state index contributed by atoms with van der Waals surface area (Å²) >= 11 is 0. The highest BCUT2D eigenvalue weighted by molar-refractivity contribution is 7.84. The molecule has 112 valence electrons. The van der Waals surface area contributed by atoms with Crippen molar-refractivity contribution < 1.29 is 13.7 Å². The topological polar surface area (TPSA) is 43.4 Å². The molecule has 0 N–H and O–H groups in total. The standard InChI is InChI=1S/C15H28O3S/c1-3-15(16)18-13-11-9-7-5-4-6-8-10-12-14-19(2)17/h3H,1,4-14H2,2H3. The molecular formula is C15H28O3S. The molecule has 0 saturated heterocycles. The van der Waals surface area contributed by atoms with Gasteiger partial charge in [0.1, 0.15) is 0 Å². The largest absolute Gasteiger partial charge is 0.463 e. The van der Waals surface area contributed by atoms with Gasteiger partial charge in [-0.3, -0.25) is 4.21 Å². The molecule has 0 aliphatic heterocycles. The number of carbonyl (C=O) groups is 1. The monoisotopic (exact) mass is 288 g/mol. The Morgan fingerprint density at radius 3 is 1.95 bits per heavy atom. The van der Waals surface area contributed by atoms with Crippen LogP contribution in [0.3, 0.4) is 0 Å². The van der Waals surface area contributed by atoms with Crippen molar-refractivity contribution in [3.63, 3.8) is 0 Å². The number of esters is 1. The molecule has 0 aromatic heterocycles. The van der Waals surface area contributed by atoms with E-state index < -0.39 is 10.8 Å². The summed E-state index contributed by atoms with van der Waals surface area (Å²) in [6.45, 7) is 3.86. The first-order valence-corrected chi connectivity index (χ1v) is 8.98. The molecule has 0 radical (unpaired) electrons. The van der Waals surface area contributed by atoms with Gasteiger partial charge in [-0.15, -0.1) is 0 Å². The Morgan fingerprint density at radius 2 is 1.47 bits per heavy atom. The van der Waals surface area contributed by atoms with Crippen LogP contribution < -0.4 is 0 Å². The molecule has 1 atom stereocenters. The van der Waals surface area contributed by atoms with Crippen LogP contribution in [0.25, 0.3) is 0 Å². The van der Waals surface area contributed by atoms with Gasteiger partial charge in [-0.05, 0) is 12.8 Å². The maximum atomic E-state index is 10.8. The van der Waals surface area contributed by atoms with Gasteiger partial charge in [-0.1, -0.05) is 51.5 Å². The zero-order chi connectivity index (χ0) is 14.3. The fourth-order valence-corrected chi connectivity index (χ4v) is 2.49. The van der Waals surface area contributed by atoms with Crippen LogP contribution in [0.15, 0.2) is 12.7 Å². The Bertz CT molecular complexity index is 264. The maximum Gasteiger partial charge on any atom is 0.330 e. The molecule has 3 nitrogen and oxygen atoms in total. The molecule has 0 spiro atoms. The van der Waals surface area contributed by atoms with E-state index >= 15 is 0 Å². The summed E-state index contributed by atoms with van der Waals surface area (Å²) in [4.78, 5) is 10.8. The van der Waals surface area contributed by atoms with Crippen LogP contribution in [0, 0.1) is 0 Å². The number of rotatable bonds is 13. The highest BCUT2D eigenvalue weighted by Gasteiger charge is 1.96. The third-order valence-corrected chi connectivity index (χ3v) is 3.85. The van der Waals surface area contributed by atoms with Crippen LogP contribution in [0.1, 0.15) is 57.8 Å². The van der Waals surface area contributed by atoms with E-state index in [-0.39, 0.29) is 5.97 Å². The molecule has 19 heavy (non-hydrogen) atoms. The smallest absolute Gasteiger partial charge is 0.330 e. The molecule has 4 heteroatoms. The third-order valence-electron chi connectivity index (χ3n) is 2.99. The van der Waals surface area contributed by atoms with Gasteiger partial charge in [0.15, 0.2) is 0 Å². The van der Waals surface area contributed by atoms with Crippen molar-refractivity contribution in [2.24, 2.45) is 0 Å². The van der Waals surface area contributed by atoms with Gasteiger partial charge in [0.25, 0.3) is 0 Å². The first kappa shape index (κ1) is 18.4. The quantitative estimate of drug-likeness (QED) is 0.295. The van der Waals surface area contributed by atoms with Crippen LogP contribution in [0.2, 0.25) is 0 Å².